The first-order chi connectivity index (χ1) is 16.8. The maximum absolute atomic E-state index is 12.5. The molecule has 5 aromatic carbocycles. The van der Waals surface area contributed by atoms with Crippen molar-refractivity contribution in [2.75, 3.05) is 0 Å². The van der Waals surface area contributed by atoms with E-state index in [9.17, 15) is 4.79 Å². The molecule has 0 saturated heterocycles. The molecule has 0 aromatic heterocycles. The van der Waals surface area contributed by atoms with Crippen molar-refractivity contribution in [2.24, 2.45) is 5.10 Å². The monoisotopic (exact) mass is 444 g/mol. The molecule has 0 heterocycles. The van der Waals surface area contributed by atoms with E-state index in [0.717, 1.165) is 27.5 Å². The van der Waals surface area contributed by atoms with Gasteiger partial charge in [0.05, 0.1) is 12.6 Å². The van der Waals surface area contributed by atoms with Crippen molar-refractivity contribution in [2.45, 2.75) is 13.0 Å². The first-order valence-corrected chi connectivity index (χ1v) is 11.2. The van der Waals surface area contributed by atoms with Crippen molar-refractivity contribution in [3.8, 4) is 5.75 Å². The molecule has 166 valence electrons. The number of benzene rings is 5. The zero-order chi connectivity index (χ0) is 23.2. The lowest BCUT2D eigenvalue weighted by Crippen LogP contribution is -2.20. The second-order valence-electron chi connectivity index (χ2n) is 8.07. The van der Waals surface area contributed by atoms with E-state index in [4.69, 9.17) is 4.74 Å². The highest BCUT2D eigenvalue weighted by Crippen LogP contribution is 2.22. The third-order valence-corrected chi connectivity index (χ3v) is 5.81. The summed E-state index contributed by atoms with van der Waals surface area (Å²) < 4.78 is 6.13. The highest BCUT2D eigenvalue weighted by Gasteiger charge is 2.07. The number of ether oxygens (including phenoxy) is 1. The average molecular weight is 445 g/mol. The Morgan fingerprint density at radius 3 is 2.06 bits per heavy atom. The number of rotatable bonds is 7. The molecule has 0 atom stereocenters. The second kappa shape index (κ2) is 10.0. The summed E-state index contributed by atoms with van der Waals surface area (Å²) in [6, 6.07) is 36.2. The number of carbonyl (C=O) groups excluding carboxylic acids is 1. The number of hydrogen-bond donors (Lipinski definition) is 1. The lowest BCUT2D eigenvalue weighted by molar-refractivity contribution is -0.120. The number of carbonyl (C=O) groups is 1. The highest BCUT2D eigenvalue weighted by atomic mass is 16.5. The van der Waals surface area contributed by atoms with Gasteiger partial charge in [-0.3, -0.25) is 4.79 Å². The fourth-order valence-electron chi connectivity index (χ4n) is 4.13. The number of amides is 1. The van der Waals surface area contributed by atoms with Crippen LogP contribution < -0.4 is 10.2 Å². The number of hydrazone groups is 1. The molecule has 34 heavy (non-hydrogen) atoms. The standard InChI is InChI=1S/C30H24N2O2/c33-30(19-24-14-7-12-22-9-1-4-16-27(22)24)32-31-20-25-11-3-6-18-29(25)34-21-26-15-8-13-23-10-2-5-17-28(23)26/h1-18,20H,19,21H2,(H,32,33). The molecular weight excluding hydrogens is 420 g/mol. The SMILES string of the molecule is O=C(Cc1cccc2ccccc12)NN=Cc1ccccc1OCc1cccc2ccccc12. The molecular formula is C30H24N2O2. The fraction of sp³-hybridized carbons (Fsp3) is 0.0667. The van der Waals surface area contributed by atoms with Crippen LogP contribution in [0.1, 0.15) is 16.7 Å². The van der Waals surface area contributed by atoms with Crippen molar-refractivity contribution in [1.29, 1.82) is 0 Å². The lowest BCUT2D eigenvalue weighted by Gasteiger charge is -2.11. The topological polar surface area (TPSA) is 50.7 Å². The minimum atomic E-state index is -0.165. The third-order valence-electron chi connectivity index (χ3n) is 5.81. The lowest BCUT2D eigenvalue weighted by atomic mass is 10.0. The van der Waals surface area contributed by atoms with Gasteiger partial charge >= 0.3 is 0 Å². The van der Waals surface area contributed by atoms with Crippen molar-refractivity contribution in [3.05, 3.63) is 126 Å². The summed E-state index contributed by atoms with van der Waals surface area (Å²) in [4.78, 5) is 12.5. The Balaban J connectivity index is 1.25. The Bertz CT molecular complexity index is 1480. The number of para-hydroxylation sites is 1. The van der Waals surface area contributed by atoms with E-state index >= 15 is 0 Å². The Kier molecular flexibility index (Phi) is 6.30. The van der Waals surface area contributed by atoms with Gasteiger partial charge in [-0.25, -0.2) is 5.43 Å². The molecule has 4 heteroatoms. The van der Waals surface area contributed by atoms with Gasteiger partial charge in [0.1, 0.15) is 12.4 Å². The number of hydrogen-bond acceptors (Lipinski definition) is 3. The predicted octanol–water partition coefficient (Wildman–Crippen LogP) is 6.26. The third kappa shape index (κ3) is 4.81. The molecule has 1 amide bonds. The van der Waals surface area contributed by atoms with Crippen LogP contribution in [-0.2, 0) is 17.8 Å². The van der Waals surface area contributed by atoms with Crippen LogP contribution in [0, 0.1) is 0 Å². The van der Waals surface area contributed by atoms with Crippen molar-refractivity contribution < 1.29 is 9.53 Å². The molecule has 0 bridgehead atoms. The molecule has 0 radical (unpaired) electrons. The summed E-state index contributed by atoms with van der Waals surface area (Å²) in [5.74, 6) is 0.546. The molecule has 5 aromatic rings. The highest BCUT2D eigenvalue weighted by molar-refractivity contribution is 5.91. The van der Waals surface area contributed by atoms with Crippen LogP contribution in [0.15, 0.2) is 114 Å². The average Bonchev–Trinajstić information content (AvgIpc) is 2.88. The van der Waals surface area contributed by atoms with Crippen LogP contribution in [0.25, 0.3) is 21.5 Å². The normalized spacial score (nSPS) is 11.2. The summed E-state index contributed by atoms with van der Waals surface area (Å²) in [6.45, 7) is 0.444. The fourth-order valence-corrected chi connectivity index (χ4v) is 4.13. The molecule has 1 N–H and O–H groups in total. The smallest absolute Gasteiger partial charge is 0.244 e. The Morgan fingerprint density at radius 2 is 1.29 bits per heavy atom. The minimum absolute atomic E-state index is 0.165. The van der Waals surface area contributed by atoms with Crippen LogP contribution in [-0.4, -0.2) is 12.1 Å². The zero-order valence-corrected chi connectivity index (χ0v) is 18.6. The molecule has 0 fully saturated rings. The maximum Gasteiger partial charge on any atom is 0.244 e. The van der Waals surface area contributed by atoms with E-state index in [-0.39, 0.29) is 12.3 Å². The summed E-state index contributed by atoms with van der Waals surface area (Å²) in [7, 11) is 0. The first-order valence-electron chi connectivity index (χ1n) is 11.2. The van der Waals surface area contributed by atoms with Gasteiger partial charge in [0, 0.05) is 5.56 Å². The second-order valence-corrected chi connectivity index (χ2v) is 8.07. The molecule has 0 unspecified atom stereocenters. The quantitative estimate of drug-likeness (QED) is 0.238. The van der Waals surface area contributed by atoms with Crippen LogP contribution in [0.3, 0.4) is 0 Å². The molecule has 4 nitrogen and oxygen atoms in total. The van der Waals surface area contributed by atoms with Gasteiger partial charge in [0.2, 0.25) is 5.91 Å². The molecule has 0 aliphatic carbocycles. The first kappa shape index (κ1) is 21.4. The van der Waals surface area contributed by atoms with E-state index in [1.54, 1.807) is 6.21 Å². The summed E-state index contributed by atoms with van der Waals surface area (Å²) >= 11 is 0. The van der Waals surface area contributed by atoms with Gasteiger partial charge in [0.15, 0.2) is 0 Å². The molecule has 0 spiro atoms. The maximum atomic E-state index is 12.5. The molecule has 0 aliphatic heterocycles. The largest absolute Gasteiger partial charge is 0.488 e. The summed E-state index contributed by atoms with van der Waals surface area (Å²) in [6.07, 6.45) is 1.89. The van der Waals surface area contributed by atoms with E-state index < -0.39 is 0 Å². The van der Waals surface area contributed by atoms with Gasteiger partial charge in [-0.15, -0.1) is 0 Å². The van der Waals surface area contributed by atoms with E-state index in [1.807, 2.05) is 84.9 Å². The van der Waals surface area contributed by atoms with Crippen LogP contribution in [0.2, 0.25) is 0 Å². The van der Waals surface area contributed by atoms with Crippen molar-refractivity contribution >= 4 is 33.7 Å². The number of nitrogens with one attached hydrogen (secondary N) is 1. The van der Waals surface area contributed by atoms with E-state index in [2.05, 4.69) is 34.8 Å². The van der Waals surface area contributed by atoms with Gasteiger partial charge in [-0.05, 0) is 44.8 Å². The van der Waals surface area contributed by atoms with Crippen LogP contribution in [0.4, 0.5) is 0 Å². The molecule has 0 saturated carbocycles. The van der Waals surface area contributed by atoms with E-state index in [1.165, 1.54) is 10.8 Å². The Hall–Kier alpha value is -4.44. The van der Waals surface area contributed by atoms with Gasteiger partial charge in [-0.1, -0.05) is 97.1 Å². The van der Waals surface area contributed by atoms with Gasteiger partial charge in [0.25, 0.3) is 0 Å². The summed E-state index contributed by atoms with van der Waals surface area (Å²) in [5, 5.41) is 8.74. The summed E-state index contributed by atoms with van der Waals surface area (Å²) in [5.41, 5.74) is 5.54. The molecule has 0 aliphatic rings. The predicted molar refractivity (Wildman–Crippen MR) is 138 cm³/mol. The number of fused-ring (bicyclic) bond motifs is 2. The molecule has 5 rings (SSSR count). The van der Waals surface area contributed by atoms with Crippen molar-refractivity contribution in [3.63, 3.8) is 0 Å². The van der Waals surface area contributed by atoms with Gasteiger partial charge < -0.3 is 4.74 Å². The Morgan fingerprint density at radius 1 is 0.706 bits per heavy atom. The van der Waals surface area contributed by atoms with Crippen LogP contribution >= 0.6 is 0 Å². The van der Waals surface area contributed by atoms with Crippen LogP contribution in [0.5, 0.6) is 5.75 Å². The zero-order valence-electron chi connectivity index (χ0n) is 18.6. The van der Waals surface area contributed by atoms with Crippen molar-refractivity contribution in [1.82, 2.24) is 5.43 Å². The number of nitrogens with zero attached hydrogens (tertiary/aromatic N) is 1. The Labute approximate surface area is 198 Å². The van der Waals surface area contributed by atoms with Gasteiger partial charge in [-0.2, -0.15) is 5.10 Å². The minimum Gasteiger partial charge on any atom is -0.488 e. The van der Waals surface area contributed by atoms with E-state index in [0.29, 0.717) is 12.4 Å².